The molecule has 1 fully saturated rings. The molecule has 1 aliphatic heterocycles. The van der Waals surface area contributed by atoms with Crippen LogP contribution >= 0.6 is 0 Å². The molecule has 1 heterocycles. The molecular formula is C14H30N2O2. The summed E-state index contributed by atoms with van der Waals surface area (Å²) in [4.78, 5) is 2.49. The molecule has 0 radical (unpaired) electrons. The lowest BCUT2D eigenvalue weighted by molar-refractivity contribution is 0.0667. The van der Waals surface area contributed by atoms with Crippen LogP contribution in [0.5, 0.6) is 0 Å². The Hall–Kier alpha value is -0.160. The number of ether oxygens (including phenoxy) is 1. The van der Waals surface area contributed by atoms with Gasteiger partial charge in [0.05, 0.1) is 12.7 Å². The Labute approximate surface area is 112 Å². The van der Waals surface area contributed by atoms with Crippen LogP contribution < -0.4 is 5.32 Å². The van der Waals surface area contributed by atoms with Gasteiger partial charge in [-0.05, 0) is 46.2 Å². The summed E-state index contributed by atoms with van der Waals surface area (Å²) in [5.41, 5.74) is -0.0893. The third kappa shape index (κ3) is 4.84. The summed E-state index contributed by atoms with van der Waals surface area (Å²) in [5.74, 6) is 0. The molecule has 1 saturated heterocycles. The Kier molecular flexibility index (Phi) is 7.15. The van der Waals surface area contributed by atoms with Crippen molar-refractivity contribution in [3.05, 3.63) is 0 Å². The molecular weight excluding hydrogens is 228 g/mol. The van der Waals surface area contributed by atoms with E-state index in [1.807, 2.05) is 7.05 Å². The minimum absolute atomic E-state index is 0.0893. The van der Waals surface area contributed by atoms with E-state index < -0.39 is 0 Å². The van der Waals surface area contributed by atoms with Gasteiger partial charge in [-0.1, -0.05) is 6.92 Å². The highest BCUT2D eigenvalue weighted by Crippen LogP contribution is 2.17. The van der Waals surface area contributed by atoms with Gasteiger partial charge in [0.25, 0.3) is 0 Å². The first kappa shape index (κ1) is 15.9. The summed E-state index contributed by atoms with van der Waals surface area (Å²) in [6.07, 6.45) is 4.62. The van der Waals surface area contributed by atoms with E-state index in [4.69, 9.17) is 4.74 Å². The first-order valence-corrected chi connectivity index (χ1v) is 7.29. The maximum atomic E-state index is 9.50. The molecule has 1 rings (SSSR count). The number of aliphatic hydroxyl groups excluding tert-OH is 1. The van der Waals surface area contributed by atoms with Crippen molar-refractivity contribution in [3.8, 4) is 0 Å². The van der Waals surface area contributed by atoms with E-state index >= 15 is 0 Å². The molecule has 0 amide bonds. The van der Waals surface area contributed by atoms with E-state index in [1.165, 1.54) is 0 Å². The van der Waals surface area contributed by atoms with Gasteiger partial charge >= 0.3 is 0 Å². The number of likely N-dealkylation sites (N-methyl/N-ethyl adjacent to an activating group) is 1. The van der Waals surface area contributed by atoms with Crippen molar-refractivity contribution >= 4 is 0 Å². The largest absolute Gasteiger partial charge is 0.394 e. The number of nitrogens with zero attached hydrogens (tertiary/aromatic N) is 1. The van der Waals surface area contributed by atoms with Crippen molar-refractivity contribution in [3.63, 3.8) is 0 Å². The lowest BCUT2D eigenvalue weighted by Gasteiger charge is -2.31. The molecule has 0 spiro atoms. The third-order valence-electron chi connectivity index (χ3n) is 4.18. The second-order valence-electron chi connectivity index (χ2n) is 5.48. The molecule has 0 aromatic heterocycles. The van der Waals surface area contributed by atoms with E-state index in [2.05, 4.69) is 24.1 Å². The fraction of sp³-hybridized carbons (Fsp3) is 1.00. The molecule has 0 saturated carbocycles. The Balaban J connectivity index is 2.31. The van der Waals surface area contributed by atoms with E-state index in [1.54, 1.807) is 0 Å². The topological polar surface area (TPSA) is 44.7 Å². The Morgan fingerprint density at radius 2 is 2.28 bits per heavy atom. The number of aliphatic hydroxyl groups is 1. The zero-order valence-corrected chi connectivity index (χ0v) is 12.2. The molecule has 2 atom stereocenters. The summed E-state index contributed by atoms with van der Waals surface area (Å²) < 4.78 is 5.65. The molecule has 4 heteroatoms. The van der Waals surface area contributed by atoms with Crippen LogP contribution in [0.2, 0.25) is 0 Å². The SMILES string of the molecule is CCC(CO)(CCCN1CCCOC(C)C1)NC. The molecule has 2 N–H and O–H groups in total. The van der Waals surface area contributed by atoms with Gasteiger partial charge < -0.3 is 20.1 Å². The molecule has 0 aromatic rings. The van der Waals surface area contributed by atoms with Crippen molar-refractivity contribution in [2.45, 2.75) is 51.2 Å². The van der Waals surface area contributed by atoms with Crippen LogP contribution in [-0.4, -0.2) is 61.5 Å². The summed E-state index contributed by atoms with van der Waals surface area (Å²) >= 11 is 0. The fourth-order valence-electron chi connectivity index (χ4n) is 2.67. The van der Waals surface area contributed by atoms with Crippen LogP contribution in [0.25, 0.3) is 0 Å². The molecule has 1 aliphatic rings. The van der Waals surface area contributed by atoms with E-state index in [-0.39, 0.29) is 12.1 Å². The normalized spacial score (nSPS) is 25.7. The quantitative estimate of drug-likeness (QED) is 0.721. The van der Waals surface area contributed by atoms with Crippen LogP contribution in [0.4, 0.5) is 0 Å². The van der Waals surface area contributed by atoms with Crippen molar-refractivity contribution in [2.75, 3.05) is 39.9 Å². The van der Waals surface area contributed by atoms with Crippen LogP contribution in [0.1, 0.15) is 39.5 Å². The van der Waals surface area contributed by atoms with Gasteiger partial charge in [0.15, 0.2) is 0 Å². The highest BCUT2D eigenvalue weighted by molar-refractivity contribution is 4.84. The second-order valence-corrected chi connectivity index (χ2v) is 5.48. The van der Waals surface area contributed by atoms with Gasteiger partial charge in [0, 0.05) is 25.2 Å². The van der Waals surface area contributed by atoms with Crippen molar-refractivity contribution in [2.24, 2.45) is 0 Å². The Morgan fingerprint density at radius 1 is 1.50 bits per heavy atom. The Morgan fingerprint density at radius 3 is 2.89 bits per heavy atom. The van der Waals surface area contributed by atoms with Crippen molar-refractivity contribution in [1.82, 2.24) is 10.2 Å². The summed E-state index contributed by atoms with van der Waals surface area (Å²) in [6, 6.07) is 0. The van der Waals surface area contributed by atoms with Crippen LogP contribution in [0.3, 0.4) is 0 Å². The van der Waals surface area contributed by atoms with Crippen LogP contribution in [-0.2, 0) is 4.74 Å². The first-order valence-electron chi connectivity index (χ1n) is 7.29. The molecule has 0 bridgehead atoms. The van der Waals surface area contributed by atoms with Gasteiger partial charge in [-0.15, -0.1) is 0 Å². The van der Waals surface area contributed by atoms with Crippen LogP contribution in [0.15, 0.2) is 0 Å². The van der Waals surface area contributed by atoms with Crippen molar-refractivity contribution < 1.29 is 9.84 Å². The number of hydrogen-bond acceptors (Lipinski definition) is 4. The summed E-state index contributed by atoms with van der Waals surface area (Å²) in [6.45, 7) is 8.69. The minimum Gasteiger partial charge on any atom is -0.394 e. The molecule has 2 unspecified atom stereocenters. The summed E-state index contributed by atoms with van der Waals surface area (Å²) in [7, 11) is 1.95. The molecule has 4 nitrogen and oxygen atoms in total. The van der Waals surface area contributed by atoms with E-state index in [9.17, 15) is 5.11 Å². The van der Waals surface area contributed by atoms with Gasteiger partial charge in [0.1, 0.15) is 0 Å². The van der Waals surface area contributed by atoms with E-state index in [0.717, 1.165) is 51.9 Å². The highest BCUT2D eigenvalue weighted by atomic mass is 16.5. The number of rotatable bonds is 7. The molecule has 0 aliphatic carbocycles. The molecule has 18 heavy (non-hydrogen) atoms. The predicted octanol–water partition coefficient (Wildman–Crippen LogP) is 1.24. The lowest BCUT2D eigenvalue weighted by atomic mass is 9.91. The van der Waals surface area contributed by atoms with E-state index in [0.29, 0.717) is 6.10 Å². The van der Waals surface area contributed by atoms with Gasteiger partial charge in [-0.2, -0.15) is 0 Å². The standard InChI is InChI=1S/C14H30N2O2/c1-4-14(12-17,15-3)7-5-8-16-9-6-10-18-13(2)11-16/h13,15,17H,4-12H2,1-3H3. The van der Waals surface area contributed by atoms with Gasteiger partial charge in [-0.25, -0.2) is 0 Å². The lowest BCUT2D eigenvalue weighted by Crippen LogP contribution is -2.46. The van der Waals surface area contributed by atoms with Gasteiger partial charge in [0.2, 0.25) is 0 Å². The minimum atomic E-state index is -0.0893. The van der Waals surface area contributed by atoms with Crippen LogP contribution in [0, 0.1) is 0 Å². The molecule has 0 aromatic carbocycles. The zero-order chi connectivity index (χ0) is 13.4. The average Bonchev–Trinajstić information content (AvgIpc) is 2.60. The molecule has 108 valence electrons. The highest BCUT2D eigenvalue weighted by Gasteiger charge is 2.25. The number of nitrogens with one attached hydrogen (secondary N) is 1. The fourth-order valence-corrected chi connectivity index (χ4v) is 2.67. The maximum absolute atomic E-state index is 9.50. The maximum Gasteiger partial charge on any atom is 0.0673 e. The Bertz CT molecular complexity index is 212. The first-order chi connectivity index (χ1) is 8.65. The summed E-state index contributed by atoms with van der Waals surface area (Å²) in [5, 5.41) is 12.8. The predicted molar refractivity (Wildman–Crippen MR) is 74.9 cm³/mol. The van der Waals surface area contributed by atoms with Crippen molar-refractivity contribution in [1.29, 1.82) is 0 Å². The van der Waals surface area contributed by atoms with Gasteiger partial charge in [-0.3, -0.25) is 0 Å². The second kappa shape index (κ2) is 8.10. The zero-order valence-electron chi connectivity index (χ0n) is 12.2. The average molecular weight is 258 g/mol. The monoisotopic (exact) mass is 258 g/mol. The number of hydrogen-bond donors (Lipinski definition) is 2. The third-order valence-corrected chi connectivity index (χ3v) is 4.18. The smallest absolute Gasteiger partial charge is 0.0673 e.